The van der Waals surface area contributed by atoms with Gasteiger partial charge in [0.05, 0.1) is 0 Å². The van der Waals surface area contributed by atoms with Crippen molar-refractivity contribution in [1.82, 2.24) is 0 Å². The van der Waals surface area contributed by atoms with Gasteiger partial charge in [-0.3, -0.25) is 0 Å². The summed E-state index contributed by atoms with van der Waals surface area (Å²) in [7, 11) is 0. The summed E-state index contributed by atoms with van der Waals surface area (Å²) in [4.78, 5) is 9.98. The molecular weight excluding hydrogens is 160 g/mol. The van der Waals surface area contributed by atoms with Crippen LogP contribution in [0.1, 0.15) is 64.7 Å². The lowest BCUT2D eigenvalue weighted by atomic mass is 10.1. The van der Waals surface area contributed by atoms with Gasteiger partial charge in [0, 0.05) is 6.42 Å². The molecule has 0 unspecified atom stereocenters. The van der Waals surface area contributed by atoms with Crippen molar-refractivity contribution in [3.63, 3.8) is 0 Å². The topological polar surface area (TPSA) is 17.1 Å². The number of carbonyl (C=O) groups is 1. The van der Waals surface area contributed by atoms with Gasteiger partial charge in [-0.05, 0) is 12.8 Å². The zero-order valence-corrected chi connectivity index (χ0v) is 8.93. The maximum Gasteiger partial charge on any atom is 0.120 e. The molecule has 0 aliphatic rings. The molecule has 0 fully saturated rings. The van der Waals surface area contributed by atoms with Crippen molar-refractivity contribution in [3.05, 3.63) is 6.42 Å². The number of carbonyl (C=O) groups excluding carboxylic acids is 1. The van der Waals surface area contributed by atoms with Crippen LogP contribution in [0.25, 0.3) is 0 Å². The zero-order chi connectivity index (χ0) is 9.78. The van der Waals surface area contributed by atoms with Gasteiger partial charge in [0.25, 0.3) is 0 Å². The van der Waals surface area contributed by atoms with Crippen molar-refractivity contribution in [3.8, 4) is 0 Å². The summed E-state index contributed by atoms with van der Waals surface area (Å²) in [5.41, 5.74) is 0. The summed E-state index contributed by atoms with van der Waals surface area (Å²) in [6, 6.07) is 0. The minimum absolute atomic E-state index is 0.635. The van der Waals surface area contributed by atoms with Gasteiger partial charge in [-0.2, -0.15) is 0 Å². The van der Waals surface area contributed by atoms with Gasteiger partial charge in [0.2, 0.25) is 0 Å². The Kier molecular flexibility index (Phi) is 11.4. The van der Waals surface area contributed by atoms with Gasteiger partial charge >= 0.3 is 0 Å². The van der Waals surface area contributed by atoms with Crippen LogP contribution < -0.4 is 0 Å². The largest absolute Gasteiger partial charge is 0.303 e. The molecule has 0 amide bonds. The van der Waals surface area contributed by atoms with Gasteiger partial charge in [-0.25, -0.2) is 0 Å². The highest BCUT2D eigenvalue weighted by atomic mass is 16.1. The van der Waals surface area contributed by atoms with Crippen LogP contribution in [0.3, 0.4) is 0 Å². The Labute approximate surface area is 82.9 Å². The van der Waals surface area contributed by atoms with Gasteiger partial charge < -0.3 is 4.79 Å². The molecular formula is C12H23O. The predicted molar refractivity (Wildman–Crippen MR) is 57.6 cm³/mol. The first kappa shape index (κ1) is 12.7. The molecule has 1 radical (unpaired) electrons. The molecule has 0 aliphatic heterocycles. The maximum atomic E-state index is 9.98. The summed E-state index contributed by atoms with van der Waals surface area (Å²) >= 11 is 0. The molecule has 0 bridgehead atoms. The van der Waals surface area contributed by atoms with Crippen LogP contribution in [0.15, 0.2) is 0 Å². The van der Waals surface area contributed by atoms with E-state index < -0.39 is 0 Å². The van der Waals surface area contributed by atoms with Crippen LogP contribution in [0.4, 0.5) is 0 Å². The third kappa shape index (κ3) is 11.7. The average Bonchev–Trinajstić information content (AvgIpc) is 2.16. The molecule has 0 saturated carbocycles. The van der Waals surface area contributed by atoms with Gasteiger partial charge in [0.1, 0.15) is 6.29 Å². The van der Waals surface area contributed by atoms with Gasteiger partial charge in [0.15, 0.2) is 0 Å². The molecule has 1 heteroatoms. The highest BCUT2D eigenvalue weighted by molar-refractivity contribution is 5.50. The third-order valence-electron chi connectivity index (χ3n) is 2.27. The molecule has 0 aromatic heterocycles. The molecule has 13 heavy (non-hydrogen) atoms. The van der Waals surface area contributed by atoms with E-state index in [-0.39, 0.29) is 0 Å². The number of aldehydes is 1. The maximum absolute atomic E-state index is 9.98. The monoisotopic (exact) mass is 183 g/mol. The highest BCUT2D eigenvalue weighted by Gasteiger charge is 1.91. The van der Waals surface area contributed by atoms with Crippen molar-refractivity contribution in [2.24, 2.45) is 0 Å². The van der Waals surface area contributed by atoms with E-state index in [0.717, 1.165) is 12.7 Å². The Hall–Kier alpha value is -0.330. The van der Waals surface area contributed by atoms with Gasteiger partial charge in [-0.1, -0.05) is 51.9 Å². The lowest BCUT2D eigenvalue weighted by Gasteiger charge is -1.99. The molecule has 1 nitrogen and oxygen atoms in total. The standard InChI is InChI=1S/C12H23O/c1-2-3-4-5-6-7-8-9-10-11-12-13/h10,12H,2-9,11H2,1H3. The van der Waals surface area contributed by atoms with E-state index in [9.17, 15) is 4.79 Å². The fourth-order valence-electron chi connectivity index (χ4n) is 1.43. The Balaban J connectivity index is 2.79. The molecule has 0 spiro atoms. The first-order valence-electron chi connectivity index (χ1n) is 5.67. The molecule has 0 atom stereocenters. The van der Waals surface area contributed by atoms with E-state index in [4.69, 9.17) is 0 Å². The summed E-state index contributed by atoms with van der Waals surface area (Å²) in [5.74, 6) is 0. The quantitative estimate of drug-likeness (QED) is 0.370. The third-order valence-corrected chi connectivity index (χ3v) is 2.27. The van der Waals surface area contributed by atoms with E-state index in [1.165, 1.54) is 44.9 Å². The second kappa shape index (κ2) is 11.7. The number of hydrogen-bond donors (Lipinski definition) is 0. The summed E-state index contributed by atoms with van der Waals surface area (Å²) in [6.45, 7) is 2.24. The SMILES string of the molecule is CCCCCCCCC[CH]CC=O. The van der Waals surface area contributed by atoms with E-state index >= 15 is 0 Å². The van der Waals surface area contributed by atoms with Crippen molar-refractivity contribution in [2.45, 2.75) is 64.7 Å². The van der Waals surface area contributed by atoms with Crippen molar-refractivity contribution in [2.75, 3.05) is 0 Å². The normalized spacial score (nSPS) is 10.2. The fourth-order valence-corrected chi connectivity index (χ4v) is 1.43. The van der Waals surface area contributed by atoms with E-state index in [1.54, 1.807) is 0 Å². The smallest absolute Gasteiger partial charge is 0.120 e. The van der Waals surface area contributed by atoms with Crippen LogP contribution in [0, 0.1) is 6.42 Å². The molecule has 0 N–H and O–H groups in total. The Morgan fingerprint density at radius 2 is 1.54 bits per heavy atom. The molecule has 0 saturated heterocycles. The molecule has 0 aliphatic carbocycles. The van der Waals surface area contributed by atoms with Gasteiger partial charge in [-0.15, -0.1) is 0 Å². The van der Waals surface area contributed by atoms with Crippen molar-refractivity contribution < 1.29 is 4.79 Å². The van der Waals surface area contributed by atoms with E-state index in [2.05, 4.69) is 13.3 Å². The lowest BCUT2D eigenvalue weighted by Crippen LogP contribution is -1.82. The van der Waals surface area contributed by atoms with Crippen LogP contribution in [-0.4, -0.2) is 6.29 Å². The van der Waals surface area contributed by atoms with E-state index in [1.807, 2.05) is 0 Å². The van der Waals surface area contributed by atoms with Crippen LogP contribution in [-0.2, 0) is 4.79 Å². The lowest BCUT2D eigenvalue weighted by molar-refractivity contribution is -0.107. The Morgan fingerprint density at radius 1 is 0.923 bits per heavy atom. The molecule has 0 aromatic carbocycles. The highest BCUT2D eigenvalue weighted by Crippen LogP contribution is 2.09. The minimum Gasteiger partial charge on any atom is -0.303 e. The summed E-state index contributed by atoms with van der Waals surface area (Å²) in [6.07, 6.45) is 14.3. The van der Waals surface area contributed by atoms with Crippen molar-refractivity contribution in [1.29, 1.82) is 0 Å². The first-order chi connectivity index (χ1) is 6.41. The number of unbranched alkanes of at least 4 members (excludes halogenated alkanes) is 9. The first-order valence-corrected chi connectivity index (χ1v) is 5.67. The minimum atomic E-state index is 0.635. The number of hydrogen-bond acceptors (Lipinski definition) is 1. The predicted octanol–water partition coefficient (Wildman–Crippen LogP) is 3.92. The van der Waals surface area contributed by atoms with Crippen molar-refractivity contribution >= 4 is 6.29 Å². The van der Waals surface area contributed by atoms with E-state index in [0.29, 0.717) is 6.42 Å². The van der Waals surface area contributed by atoms with Crippen LogP contribution in [0.5, 0.6) is 0 Å². The average molecular weight is 183 g/mol. The Morgan fingerprint density at radius 3 is 2.15 bits per heavy atom. The van der Waals surface area contributed by atoms with Crippen LogP contribution >= 0.6 is 0 Å². The second-order valence-corrected chi connectivity index (χ2v) is 3.60. The summed E-state index contributed by atoms with van der Waals surface area (Å²) < 4.78 is 0. The summed E-state index contributed by atoms with van der Waals surface area (Å²) in [5, 5.41) is 0. The molecule has 0 heterocycles. The molecule has 0 rings (SSSR count). The fraction of sp³-hybridized carbons (Fsp3) is 0.833. The van der Waals surface area contributed by atoms with Crippen LogP contribution in [0.2, 0.25) is 0 Å². The second-order valence-electron chi connectivity index (χ2n) is 3.60. The molecule has 0 aromatic rings. The Bertz CT molecular complexity index is 99.3. The molecule has 77 valence electrons. The number of rotatable bonds is 10. The zero-order valence-electron chi connectivity index (χ0n) is 8.93.